The molecule has 5 nitrogen and oxygen atoms in total. The van der Waals surface area contributed by atoms with Gasteiger partial charge in [0.2, 0.25) is 0 Å². The number of aryl methyl sites for hydroxylation is 1. The van der Waals surface area contributed by atoms with Gasteiger partial charge in [0.25, 0.3) is 5.56 Å². The van der Waals surface area contributed by atoms with Gasteiger partial charge in [-0.2, -0.15) is 0 Å². The van der Waals surface area contributed by atoms with Crippen LogP contribution in [0.1, 0.15) is 6.42 Å². The van der Waals surface area contributed by atoms with Crippen LogP contribution in [0.2, 0.25) is 0 Å². The lowest BCUT2D eigenvalue weighted by Crippen LogP contribution is -2.11. The van der Waals surface area contributed by atoms with Gasteiger partial charge in [-0.1, -0.05) is 58.4 Å². The van der Waals surface area contributed by atoms with E-state index >= 15 is 0 Å². The van der Waals surface area contributed by atoms with Crippen LogP contribution in [0, 0.1) is 0 Å². The first kappa shape index (κ1) is 19.7. The maximum absolute atomic E-state index is 13.1. The summed E-state index contributed by atoms with van der Waals surface area (Å²) in [5.41, 5.74) is 11.4. The highest BCUT2D eigenvalue weighted by Gasteiger charge is 2.17. The number of hydrogen-bond acceptors (Lipinski definition) is 3. The summed E-state index contributed by atoms with van der Waals surface area (Å²) in [6.07, 6.45) is 2.88. The number of nitrogens with one attached hydrogen (secondary N) is 1. The van der Waals surface area contributed by atoms with Crippen molar-refractivity contribution < 1.29 is 0 Å². The van der Waals surface area contributed by atoms with Crippen molar-refractivity contribution in [1.29, 1.82) is 0 Å². The zero-order chi connectivity index (χ0) is 21.4. The number of nitrogens with zero attached hydrogens (tertiary/aromatic N) is 2. The van der Waals surface area contributed by atoms with Crippen LogP contribution in [0.5, 0.6) is 0 Å². The lowest BCUT2D eigenvalue weighted by Gasteiger charge is -2.08. The molecule has 5 rings (SSSR count). The molecule has 0 unspecified atom stereocenters. The summed E-state index contributed by atoms with van der Waals surface area (Å²) in [5.74, 6) is 0. The number of hydrogen-bond donors (Lipinski definition) is 2. The number of para-hydroxylation sites is 1. The van der Waals surface area contributed by atoms with E-state index in [0.29, 0.717) is 12.2 Å². The molecular formula is C25H21BrN4O. The van der Waals surface area contributed by atoms with Crippen molar-refractivity contribution in [3.8, 4) is 22.4 Å². The third-order valence-corrected chi connectivity index (χ3v) is 6.00. The Labute approximate surface area is 187 Å². The van der Waals surface area contributed by atoms with Gasteiger partial charge in [-0.25, -0.2) is 4.98 Å². The Hall–Kier alpha value is -3.22. The standard InChI is InChI=1S/C25H21BrN4O/c26-17-10-11-22-19(14-17)20(15-30(22)13-5-12-27)24-25(31)28-21-9-4-8-18(23(21)29-24)16-6-2-1-3-7-16/h1-4,6-11,14-15H,5,12-13,27H2,(H,28,31). The average Bonchev–Trinajstić information content (AvgIpc) is 3.14. The van der Waals surface area contributed by atoms with Gasteiger partial charge in [-0.15, -0.1) is 0 Å². The Kier molecular flexibility index (Phi) is 5.18. The van der Waals surface area contributed by atoms with Crippen LogP contribution in [-0.2, 0) is 6.54 Å². The minimum absolute atomic E-state index is 0.199. The van der Waals surface area contributed by atoms with Crippen molar-refractivity contribution >= 4 is 37.9 Å². The molecule has 0 atom stereocenters. The number of H-pyrrole nitrogens is 1. The quantitative estimate of drug-likeness (QED) is 0.363. The summed E-state index contributed by atoms with van der Waals surface area (Å²) in [6.45, 7) is 1.40. The van der Waals surface area contributed by atoms with Gasteiger partial charge in [0.05, 0.1) is 11.0 Å². The number of aromatic amines is 1. The molecular weight excluding hydrogens is 452 g/mol. The predicted octanol–water partition coefficient (Wildman–Crippen LogP) is 5.32. The van der Waals surface area contributed by atoms with Crippen molar-refractivity contribution in [3.05, 3.63) is 87.8 Å². The number of benzene rings is 3. The Balaban J connectivity index is 1.78. The lowest BCUT2D eigenvalue weighted by atomic mass is 10.0. The van der Waals surface area contributed by atoms with Gasteiger partial charge in [-0.05, 0) is 42.8 Å². The molecule has 0 saturated carbocycles. The lowest BCUT2D eigenvalue weighted by molar-refractivity contribution is 0.671. The third kappa shape index (κ3) is 3.58. The van der Waals surface area contributed by atoms with Crippen molar-refractivity contribution in [2.45, 2.75) is 13.0 Å². The van der Waals surface area contributed by atoms with Crippen LogP contribution in [0.3, 0.4) is 0 Å². The normalized spacial score (nSPS) is 11.4. The van der Waals surface area contributed by atoms with E-state index in [1.807, 2.05) is 54.7 Å². The molecule has 2 heterocycles. The van der Waals surface area contributed by atoms with Crippen molar-refractivity contribution in [2.24, 2.45) is 5.73 Å². The number of halogens is 1. The molecule has 0 saturated heterocycles. The molecule has 154 valence electrons. The Morgan fingerprint density at radius 2 is 1.84 bits per heavy atom. The summed E-state index contributed by atoms with van der Waals surface area (Å²) in [7, 11) is 0. The Bertz CT molecular complexity index is 1450. The van der Waals surface area contributed by atoms with E-state index < -0.39 is 0 Å². The van der Waals surface area contributed by atoms with E-state index in [1.54, 1.807) is 0 Å². The van der Waals surface area contributed by atoms with Crippen molar-refractivity contribution in [2.75, 3.05) is 6.54 Å². The number of fused-ring (bicyclic) bond motifs is 2. The number of nitrogens with two attached hydrogens (primary N) is 1. The van der Waals surface area contributed by atoms with E-state index in [0.717, 1.165) is 56.1 Å². The first-order valence-corrected chi connectivity index (χ1v) is 11.0. The van der Waals surface area contributed by atoms with Gasteiger partial charge in [0.15, 0.2) is 0 Å². The third-order valence-electron chi connectivity index (χ3n) is 5.51. The minimum Gasteiger partial charge on any atom is -0.347 e. The molecule has 0 amide bonds. The highest BCUT2D eigenvalue weighted by atomic mass is 79.9. The SMILES string of the molecule is NCCCn1cc(-c2nc3c(-c4ccccc4)cccc3[nH]c2=O)c2cc(Br)ccc21. The maximum atomic E-state index is 13.1. The second-order valence-electron chi connectivity index (χ2n) is 7.52. The molecule has 6 heteroatoms. The molecule has 3 aromatic carbocycles. The van der Waals surface area contributed by atoms with Gasteiger partial charge < -0.3 is 15.3 Å². The van der Waals surface area contributed by atoms with Crippen LogP contribution in [-0.4, -0.2) is 21.1 Å². The van der Waals surface area contributed by atoms with E-state index in [4.69, 9.17) is 10.7 Å². The van der Waals surface area contributed by atoms with Crippen molar-refractivity contribution in [3.63, 3.8) is 0 Å². The summed E-state index contributed by atoms with van der Waals surface area (Å²) in [6, 6.07) is 22.1. The van der Waals surface area contributed by atoms with Crippen LogP contribution in [0.4, 0.5) is 0 Å². The van der Waals surface area contributed by atoms with Gasteiger partial charge in [0.1, 0.15) is 5.69 Å². The molecule has 0 aliphatic heterocycles. The molecule has 3 N–H and O–H groups in total. The second-order valence-corrected chi connectivity index (χ2v) is 8.44. The van der Waals surface area contributed by atoms with Gasteiger partial charge in [-0.3, -0.25) is 4.79 Å². The van der Waals surface area contributed by atoms with Crippen LogP contribution >= 0.6 is 15.9 Å². The molecule has 5 aromatic rings. The highest BCUT2D eigenvalue weighted by molar-refractivity contribution is 9.10. The molecule has 0 bridgehead atoms. The largest absolute Gasteiger partial charge is 0.347 e. The smallest absolute Gasteiger partial charge is 0.275 e. The van der Waals surface area contributed by atoms with E-state index in [1.165, 1.54) is 0 Å². The van der Waals surface area contributed by atoms with E-state index in [2.05, 4.69) is 43.7 Å². The fourth-order valence-corrected chi connectivity index (χ4v) is 4.41. The van der Waals surface area contributed by atoms with Crippen molar-refractivity contribution in [1.82, 2.24) is 14.5 Å². The minimum atomic E-state index is -0.199. The molecule has 2 aromatic heterocycles. The average molecular weight is 473 g/mol. The maximum Gasteiger partial charge on any atom is 0.275 e. The fraction of sp³-hybridized carbons (Fsp3) is 0.120. The van der Waals surface area contributed by atoms with Crippen LogP contribution < -0.4 is 11.3 Å². The zero-order valence-electron chi connectivity index (χ0n) is 16.8. The van der Waals surface area contributed by atoms with Crippen LogP contribution in [0.15, 0.2) is 82.2 Å². The molecule has 0 aliphatic rings. The van der Waals surface area contributed by atoms with E-state index in [9.17, 15) is 4.79 Å². The number of rotatable bonds is 5. The summed E-state index contributed by atoms with van der Waals surface area (Å²) >= 11 is 3.57. The van der Waals surface area contributed by atoms with Crippen LogP contribution in [0.25, 0.3) is 44.3 Å². The zero-order valence-corrected chi connectivity index (χ0v) is 18.4. The highest BCUT2D eigenvalue weighted by Crippen LogP contribution is 2.32. The summed E-state index contributed by atoms with van der Waals surface area (Å²) in [4.78, 5) is 21.0. The topological polar surface area (TPSA) is 76.7 Å². The monoisotopic (exact) mass is 472 g/mol. The van der Waals surface area contributed by atoms with Gasteiger partial charge in [0, 0.05) is 39.2 Å². The Morgan fingerprint density at radius 1 is 1.00 bits per heavy atom. The second kappa shape index (κ2) is 8.13. The predicted molar refractivity (Wildman–Crippen MR) is 130 cm³/mol. The first-order chi connectivity index (χ1) is 15.2. The Morgan fingerprint density at radius 3 is 2.65 bits per heavy atom. The summed E-state index contributed by atoms with van der Waals surface area (Å²) in [5, 5.41) is 0.987. The van der Waals surface area contributed by atoms with Gasteiger partial charge >= 0.3 is 0 Å². The molecule has 0 aliphatic carbocycles. The molecule has 0 fully saturated rings. The number of aromatic nitrogens is 3. The first-order valence-electron chi connectivity index (χ1n) is 10.2. The summed E-state index contributed by atoms with van der Waals surface area (Å²) < 4.78 is 3.11. The van der Waals surface area contributed by atoms with E-state index in [-0.39, 0.29) is 5.56 Å². The molecule has 0 radical (unpaired) electrons. The molecule has 0 spiro atoms. The molecule has 31 heavy (non-hydrogen) atoms. The fourth-order valence-electron chi connectivity index (χ4n) is 4.05.